The van der Waals surface area contributed by atoms with Gasteiger partial charge in [-0.25, -0.2) is 0 Å². The van der Waals surface area contributed by atoms with E-state index in [1.165, 1.54) is 24.0 Å². The molecule has 1 aromatic heterocycles. The van der Waals surface area contributed by atoms with Crippen LogP contribution in [0.4, 0.5) is 5.69 Å². The van der Waals surface area contributed by atoms with Crippen molar-refractivity contribution in [2.75, 3.05) is 25.7 Å². The number of benzene rings is 2. The van der Waals surface area contributed by atoms with Gasteiger partial charge in [-0.15, -0.1) is 0 Å². The molecule has 7 heteroatoms. The highest BCUT2D eigenvalue weighted by Crippen LogP contribution is 2.37. The van der Waals surface area contributed by atoms with Gasteiger partial charge in [0.2, 0.25) is 17.6 Å². The number of aryl methyl sites for hydroxylation is 1. The number of nitrogens with zero attached hydrogens (tertiary/aromatic N) is 3. The van der Waals surface area contributed by atoms with Crippen molar-refractivity contribution in [1.82, 2.24) is 10.1 Å². The van der Waals surface area contributed by atoms with Crippen molar-refractivity contribution in [1.29, 1.82) is 0 Å². The van der Waals surface area contributed by atoms with Gasteiger partial charge in [-0.3, -0.25) is 4.79 Å². The van der Waals surface area contributed by atoms with Crippen LogP contribution in [0.15, 0.2) is 40.9 Å². The molecule has 7 nitrogen and oxygen atoms in total. The number of rotatable bonds is 5. The number of hydrogen-bond acceptors (Lipinski definition) is 6. The molecule has 2 aromatic carbocycles. The van der Waals surface area contributed by atoms with Crippen LogP contribution in [0.1, 0.15) is 42.2 Å². The van der Waals surface area contributed by atoms with Gasteiger partial charge >= 0.3 is 0 Å². The zero-order valence-corrected chi connectivity index (χ0v) is 17.8. The minimum atomic E-state index is -0.124. The van der Waals surface area contributed by atoms with Crippen LogP contribution in [-0.2, 0) is 17.6 Å². The largest absolute Gasteiger partial charge is 0.497 e. The highest BCUT2D eigenvalue weighted by Gasteiger charge is 2.36. The highest BCUT2D eigenvalue weighted by molar-refractivity contribution is 5.97. The first-order valence-corrected chi connectivity index (χ1v) is 10.6. The Morgan fingerprint density at radius 1 is 1.06 bits per heavy atom. The van der Waals surface area contributed by atoms with Crippen molar-refractivity contribution in [3.63, 3.8) is 0 Å². The van der Waals surface area contributed by atoms with Gasteiger partial charge in [-0.05, 0) is 55.0 Å². The smallest absolute Gasteiger partial charge is 0.232 e. The van der Waals surface area contributed by atoms with Crippen molar-refractivity contribution in [2.45, 2.75) is 38.0 Å². The van der Waals surface area contributed by atoms with Crippen molar-refractivity contribution in [2.24, 2.45) is 0 Å². The lowest BCUT2D eigenvalue weighted by Crippen LogP contribution is -2.26. The van der Waals surface area contributed by atoms with Crippen LogP contribution >= 0.6 is 0 Å². The Balaban J connectivity index is 1.40. The van der Waals surface area contributed by atoms with Crippen molar-refractivity contribution in [3.8, 4) is 22.9 Å². The number of anilines is 1. The number of carbonyl (C=O) groups excluding carboxylic acids is 1. The average molecular weight is 419 g/mol. The van der Waals surface area contributed by atoms with Gasteiger partial charge in [0.1, 0.15) is 11.5 Å². The third-order valence-corrected chi connectivity index (χ3v) is 6.19. The van der Waals surface area contributed by atoms with Crippen molar-refractivity contribution < 1.29 is 18.8 Å². The lowest BCUT2D eigenvalue weighted by molar-refractivity contribution is -0.117. The number of amides is 1. The quantitative estimate of drug-likeness (QED) is 0.618. The molecule has 1 atom stereocenters. The second-order valence-corrected chi connectivity index (χ2v) is 8.08. The standard InChI is InChI=1S/C24H25N3O4/c1-29-18-10-16(11-19(13-18)30-2)23-25-24(31-26-23)17-12-22(28)27(14-17)21-9-5-7-15-6-3-4-8-20(15)21/h5,7,9-11,13,17H,3-4,6,8,12,14H2,1-2H3. The molecule has 2 heterocycles. The number of carbonyl (C=O) groups is 1. The van der Waals surface area contributed by atoms with E-state index in [2.05, 4.69) is 28.3 Å². The van der Waals surface area contributed by atoms with Crippen LogP contribution < -0.4 is 14.4 Å². The fourth-order valence-corrected chi connectivity index (χ4v) is 4.57. The zero-order chi connectivity index (χ0) is 21.4. The second-order valence-electron chi connectivity index (χ2n) is 8.08. The molecule has 0 spiro atoms. The fourth-order valence-electron chi connectivity index (χ4n) is 4.57. The first-order chi connectivity index (χ1) is 15.2. The van der Waals surface area contributed by atoms with E-state index in [0.717, 1.165) is 24.1 Å². The number of methoxy groups -OCH3 is 2. The monoisotopic (exact) mass is 419 g/mol. The molecule has 1 fully saturated rings. The molecule has 2 aliphatic rings. The molecular formula is C24H25N3O4. The maximum atomic E-state index is 12.9. The van der Waals surface area contributed by atoms with Crippen LogP contribution in [0.25, 0.3) is 11.4 Å². The van der Waals surface area contributed by atoms with Crippen molar-refractivity contribution in [3.05, 3.63) is 53.4 Å². The van der Waals surface area contributed by atoms with Crippen LogP contribution in [0.3, 0.4) is 0 Å². The number of ether oxygens (including phenoxy) is 2. The molecule has 5 rings (SSSR count). The van der Waals surface area contributed by atoms with Gasteiger partial charge in [0.15, 0.2) is 0 Å². The lowest BCUT2D eigenvalue weighted by atomic mass is 9.90. The average Bonchev–Trinajstić information content (AvgIpc) is 3.45. The molecule has 1 saturated heterocycles. The zero-order valence-electron chi connectivity index (χ0n) is 17.8. The molecule has 0 radical (unpaired) electrons. The molecule has 1 aliphatic carbocycles. The second kappa shape index (κ2) is 8.06. The SMILES string of the molecule is COc1cc(OC)cc(-c2noc(C3CC(=O)N(c4cccc5c4CCCC5)C3)n2)c1. The predicted octanol–water partition coefficient (Wildman–Crippen LogP) is 4.15. The Hall–Kier alpha value is -3.35. The first-order valence-electron chi connectivity index (χ1n) is 10.6. The van der Waals surface area contributed by atoms with E-state index in [0.29, 0.717) is 36.2 Å². The van der Waals surface area contributed by atoms with Crippen LogP contribution in [-0.4, -0.2) is 36.8 Å². The summed E-state index contributed by atoms with van der Waals surface area (Å²) in [5.41, 5.74) is 4.47. The first kappa shape index (κ1) is 19.6. The van der Waals surface area contributed by atoms with Crippen LogP contribution in [0, 0.1) is 0 Å². The summed E-state index contributed by atoms with van der Waals surface area (Å²) in [6.07, 6.45) is 4.88. The summed E-state index contributed by atoms with van der Waals surface area (Å²) >= 11 is 0. The fraction of sp³-hybridized carbons (Fsp3) is 0.375. The van der Waals surface area contributed by atoms with E-state index >= 15 is 0 Å². The maximum absolute atomic E-state index is 12.9. The van der Waals surface area contributed by atoms with Crippen LogP contribution in [0.2, 0.25) is 0 Å². The summed E-state index contributed by atoms with van der Waals surface area (Å²) in [6.45, 7) is 0.554. The Morgan fingerprint density at radius 2 is 1.84 bits per heavy atom. The topological polar surface area (TPSA) is 77.7 Å². The summed E-state index contributed by atoms with van der Waals surface area (Å²) in [5.74, 6) is 2.22. The molecule has 1 aliphatic heterocycles. The van der Waals surface area contributed by atoms with Crippen LogP contribution in [0.5, 0.6) is 11.5 Å². The highest BCUT2D eigenvalue weighted by atomic mass is 16.5. The molecule has 0 N–H and O–H groups in total. The normalized spacial score (nSPS) is 18.2. The Morgan fingerprint density at radius 3 is 2.61 bits per heavy atom. The van der Waals surface area contributed by atoms with Crippen molar-refractivity contribution >= 4 is 11.6 Å². The minimum Gasteiger partial charge on any atom is -0.497 e. The van der Waals surface area contributed by atoms with Gasteiger partial charge in [0.05, 0.1) is 20.1 Å². The third kappa shape index (κ3) is 3.65. The van der Waals surface area contributed by atoms with E-state index in [4.69, 9.17) is 14.0 Å². The molecule has 3 aromatic rings. The summed E-state index contributed by atoms with van der Waals surface area (Å²) in [5, 5.41) is 4.15. The Labute approximate surface area is 181 Å². The molecule has 31 heavy (non-hydrogen) atoms. The summed E-state index contributed by atoms with van der Waals surface area (Å²) in [4.78, 5) is 19.4. The van der Waals surface area contributed by atoms with E-state index in [9.17, 15) is 4.79 Å². The minimum absolute atomic E-state index is 0.103. The van der Waals surface area contributed by atoms with Gasteiger partial charge in [0.25, 0.3) is 0 Å². The molecule has 160 valence electrons. The molecule has 0 saturated carbocycles. The number of aromatic nitrogens is 2. The van der Waals surface area contributed by atoms with E-state index < -0.39 is 0 Å². The Kier molecular flexibility index (Phi) is 5.10. The number of fused-ring (bicyclic) bond motifs is 1. The van der Waals surface area contributed by atoms with Gasteiger partial charge in [-0.1, -0.05) is 17.3 Å². The summed E-state index contributed by atoms with van der Waals surface area (Å²) < 4.78 is 16.2. The van der Waals surface area contributed by atoms with Gasteiger partial charge in [-0.2, -0.15) is 4.98 Å². The van der Waals surface area contributed by atoms with Gasteiger partial charge in [0, 0.05) is 30.3 Å². The van der Waals surface area contributed by atoms with E-state index in [1.807, 2.05) is 17.0 Å². The third-order valence-electron chi connectivity index (χ3n) is 6.19. The predicted molar refractivity (Wildman–Crippen MR) is 116 cm³/mol. The summed E-state index contributed by atoms with van der Waals surface area (Å²) in [6, 6.07) is 11.8. The Bertz CT molecular complexity index is 1100. The molecule has 0 bridgehead atoms. The molecule has 1 unspecified atom stereocenters. The van der Waals surface area contributed by atoms with Gasteiger partial charge < -0.3 is 18.9 Å². The number of hydrogen-bond donors (Lipinski definition) is 0. The molecule has 1 amide bonds. The maximum Gasteiger partial charge on any atom is 0.232 e. The molecular weight excluding hydrogens is 394 g/mol. The van der Waals surface area contributed by atoms with E-state index in [1.54, 1.807) is 20.3 Å². The lowest BCUT2D eigenvalue weighted by Gasteiger charge is -2.25. The van der Waals surface area contributed by atoms with E-state index in [-0.39, 0.29) is 11.8 Å². The summed E-state index contributed by atoms with van der Waals surface area (Å²) in [7, 11) is 3.20.